The van der Waals surface area contributed by atoms with Gasteiger partial charge in [-0.1, -0.05) is 6.08 Å². The van der Waals surface area contributed by atoms with E-state index in [9.17, 15) is 4.79 Å². The van der Waals surface area contributed by atoms with Crippen molar-refractivity contribution < 1.29 is 9.53 Å². The minimum Gasteiger partial charge on any atom is -0.363 e. The maximum absolute atomic E-state index is 11.1. The zero-order valence-corrected chi connectivity index (χ0v) is 7.93. The first-order chi connectivity index (χ1) is 6.16. The average Bonchev–Trinajstić information content (AvgIpc) is 2.08. The smallest absolute Gasteiger partial charge is 0.246 e. The second-order valence-corrected chi connectivity index (χ2v) is 3.43. The van der Waals surface area contributed by atoms with Gasteiger partial charge in [-0.2, -0.15) is 0 Å². The van der Waals surface area contributed by atoms with Crippen LogP contribution in [0, 0.1) is 0 Å². The first-order valence-corrected chi connectivity index (χ1v) is 4.38. The number of carbonyl (C=O) groups excluding carboxylic acids is 1. The molecule has 0 aromatic rings. The van der Waals surface area contributed by atoms with Crippen molar-refractivity contribution in [3.8, 4) is 0 Å². The molecule has 13 heavy (non-hydrogen) atoms. The van der Waals surface area contributed by atoms with Crippen molar-refractivity contribution in [1.82, 2.24) is 10.6 Å². The summed E-state index contributed by atoms with van der Waals surface area (Å²) in [6.45, 7) is 7.76. The molecule has 1 fully saturated rings. The highest BCUT2D eigenvalue weighted by atomic mass is 16.5. The van der Waals surface area contributed by atoms with Gasteiger partial charge in [0.2, 0.25) is 5.91 Å². The minimum atomic E-state index is -0.147. The molecule has 4 nitrogen and oxygen atoms in total. The quantitative estimate of drug-likeness (QED) is 0.575. The summed E-state index contributed by atoms with van der Waals surface area (Å²) in [6, 6.07) is 0. The summed E-state index contributed by atoms with van der Waals surface area (Å²) in [4.78, 5) is 11.1. The second kappa shape index (κ2) is 4.39. The maximum atomic E-state index is 11.1. The van der Waals surface area contributed by atoms with Crippen LogP contribution in [0.1, 0.15) is 6.92 Å². The van der Waals surface area contributed by atoms with Crippen LogP contribution in [0.25, 0.3) is 0 Å². The molecule has 1 amide bonds. The molecule has 0 atom stereocenters. The number of rotatable bonds is 5. The van der Waals surface area contributed by atoms with Crippen LogP contribution in [0.15, 0.2) is 12.7 Å². The van der Waals surface area contributed by atoms with Crippen molar-refractivity contribution in [3.05, 3.63) is 12.7 Å². The molecule has 0 aromatic carbocycles. The van der Waals surface area contributed by atoms with Crippen LogP contribution >= 0.6 is 0 Å². The third-order valence-corrected chi connectivity index (χ3v) is 1.99. The third-order valence-electron chi connectivity index (χ3n) is 1.99. The zero-order valence-electron chi connectivity index (χ0n) is 7.93. The fourth-order valence-electron chi connectivity index (χ4n) is 1.06. The van der Waals surface area contributed by atoms with Gasteiger partial charge >= 0.3 is 0 Å². The van der Waals surface area contributed by atoms with Gasteiger partial charge in [0.05, 0.1) is 5.60 Å². The number of amides is 1. The van der Waals surface area contributed by atoms with Crippen LogP contribution in [0.2, 0.25) is 0 Å². The van der Waals surface area contributed by atoms with E-state index in [0.29, 0.717) is 6.54 Å². The van der Waals surface area contributed by atoms with E-state index in [4.69, 9.17) is 4.74 Å². The van der Waals surface area contributed by atoms with Crippen LogP contribution < -0.4 is 10.6 Å². The molecule has 4 heteroatoms. The highest BCUT2D eigenvalue weighted by Crippen LogP contribution is 2.14. The van der Waals surface area contributed by atoms with Gasteiger partial charge in [0, 0.05) is 19.6 Å². The average molecular weight is 184 g/mol. The molecule has 74 valence electrons. The van der Waals surface area contributed by atoms with E-state index in [2.05, 4.69) is 17.2 Å². The van der Waals surface area contributed by atoms with Crippen molar-refractivity contribution in [2.75, 3.05) is 26.2 Å². The van der Waals surface area contributed by atoms with E-state index in [1.54, 1.807) is 6.08 Å². The molecule has 2 N–H and O–H groups in total. The molecule has 0 bridgehead atoms. The SMILES string of the molecule is C=CCNC(=O)COC1(C)CNC1. The van der Waals surface area contributed by atoms with Crippen LogP contribution in [-0.2, 0) is 9.53 Å². The van der Waals surface area contributed by atoms with E-state index >= 15 is 0 Å². The Balaban J connectivity index is 2.10. The first-order valence-electron chi connectivity index (χ1n) is 4.38. The van der Waals surface area contributed by atoms with Crippen LogP contribution in [0.5, 0.6) is 0 Å². The Morgan fingerprint density at radius 2 is 2.46 bits per heavy atom. The molecular formula is C9H16N2O2. The summed E-state index contributed by atoms with van der Waals surface area (Å²) in [6.07, 6.45) is 1.64. The van der Waals surface area contributed by atoms with E-state index in [1.807, 2.05) is 6.92 Å². The van der Waals surface area contributed by atoms with E-state index in [0.717, 1.165) is 13.1 Å². The number of hydrogen-bond donors (Lipinski definition) is 2. The van der Waals surface area contributed by atoms with Crippen LogP contribution in [-0.4, -0.2) is 37.7 Å². The predicted molar refractivity (Wildman–Crippen MR) is 50.4 cm³/mol. The molecule has 1 heterocycles. The number of hydrogen-bond acceptors (Lipinski definition) is 3. The Morgan fingerprint density at radius 1 is 1.77 bits per heavy atom. The van der Waals surface area contributed by atoms with Crippen molar-refractivity contribution in [2.24, 2.45) is 0 Å². The summed E-state index contributed by atoms with van der Waals surface area (Å²) < 4.78 is 5.42. The van der Waals surface area contributed by atoms with Gasteiger partial charge in [-0.05, 0) is 6.92 Å². The van der Waals surface area contributed by atoms with Gasteiger partial charge in [-0.25, -0.2) is 0 Å². The first kappa shape index (κ1) is 10.2. The molecule has 0 saturated carbocycles. The topological polar surface area (TPSA) is 50.4 Å². The Kier molecular flexibility index (Phi) is 3.45. The van der Waals surface area contributed by atoms with Crippen molar-refractivity contribution in [1.29, 1.82) is 0 Å². The van der Waals surface area contributed by atoms with Crippen molar-refractivity contribution >= 4 is 5.91 Å². The molecule has 0 aliphatic carbocycles. The van der Waals surface area contributed by atoms with Crippen molar-refractivity contribution in [2.45, 2.75) is 12.5 Å². The van der Waals surface area contributed by atoms with Gasteiger partial charge in [0.25, 0.3) is 0 Å². The lowest BCUT2D eigenvalue weighted by Crippen LogP contribution is -2.59. The van der Waals surface area contributed by atoms with Crippen LogP contribution in [0.4, 0.5) is 0 Å². The molecule has 1 aliphatic heterocycles. The Hall–Kier alpha value is -0.870. The standard InChI is InChI=1S/C9H16N2O2/c1-3-4-11-8(12)5-13-9(2)6-10-7-9/h3,10H,1,4-7H2,2H3,(H,11,12). The fraction of sp³-hybridized carbons (Fsp3) is 0.667. The minimum absolute atomic E-state index is 0.0898. The van der Waals surface area contributed by atoms with Gasteiger partial charge in [0.1, 0.15) is 6.61 Å². The third kappa shape index (κ3) is 3.16. The van der Waals surface area contributed by atoms with Gasteiger partial charge in [-0.3, -0.25) is 4.79 Å². The highest BCUT2D eigenvalue weighted by Gasteiger charge is 2.32. The van der Waals surface area contributed by atoms with E-state index in [-0.39, 0.29) is 18.1 Å². The number of nitrogens with one attached hydrogen (secondary N) is 2. The molecule has 0 spiro atoms. The molecule has 0 aromatic heterocycles. The second-order valence-electron chi connectivity index (χ2n) is 3.43. The highest BCUT2D eigenvalue weighted by molar-refractivity contribution is 5.77. The molecule has 0 unspecified atom stereocenters. The Morgan fingerprint density at radius 3 is 2.92 bits per heavy atom. The van der Waals surface area contributed by atoms with E-state index < -0.39 is 0 Å². The number of ether oxygens (including phenoxy) is 1. The fourth-order valence-corrected chi connectivity index (χ4v) is 1.06. The summed E-state index contributed by atoms with van der Waals surface area (Å²) in [5.41, 5.74) is -0.147. The molecular weight excluding hydrogens is 168 g/mol. The maximum Gasteiger partial charge on any atom is 0.246 e. The van der Waals surface area contributed by atoms with Crippen LogP contribution in [0.3, 0.4) is 0 Å². The lowest BCUT2D eigenvalue weighted by Gasteiger charge is -2.38. The number of carbonyl (C=O) groups is 1. The molecule has 1 aliphatic rings. The van der Waals surface area contributed by atoms with Gasteiger partial charge in [-0.15, -0.1) is 6.58 Å². The Labute approximate surface area is 78.3 Å². The normalized spacial score (nSPS) is 18.8. The molecule has 0 radical (unpaired) electrons. The van der Waals surface area contributed by atoms with Crippen molar-refractivity contribution in [3.63, 3.8) is 0 Å². The lowest BCUT2D eigenvalue weighted by atomic mass is 10.0. The summed E-state index contributed by atoms with van der Waals surface area (Å²) in [5, 5.41) is 5.75. The summed E-state index contributed by atoms with van der Waals surface area (Å²) in [5.74, 6) is -0.0898. The van der Waals surface area contributed by atoms with Gasteiger partial charge in [0.15, 0.2) is 0 Å². The summed E-state index contributed by atoms with van der Waals surface area (Å²) >= 11 is 0. The van der Waals surface area contributed by atoms with Gasteiger partial charge < -0.3 is 15.4 Å². The lowest BCUT2D eigenvalue weighted by molar-refractivity contribution is -0.135. The largest absolute Gasteiger partial charge is 0.363 e. The zero-order chi connectivity index (χ0) is 9.73. The predicted octanol–water partition coefficient (Wildman–Crippen LogP) is -0.333. The molecule has 1 saturated heterocycles. The van der Waals surface area contributed by atoms with E-state index in [1.165, 1.54) is 0 Å². The Bertz CT molecular complexity index is 200. The summed E-state index contributed by atoms with van der Waals surface area (Å²) in [7, 11) is 0. The molecule has 1 rings (SSSR count). The monoisotopic (exact) mass is 184 g/mol.